The van der Waals surface area contributed by atoms with Gasteiger partial charge in [0.05, 0.1) is 38.0 Å². The molecule has 0 aromatic heterocycles. The van der Waals surface area contributed by atoms with Gasteiger partial charge < -0.3 is 14.2 Å². The van der Waals surface area contributed by atoms with Crippen LogP contribution in [-0.4, -0.2) is 39.2 Å². The summed E-state index contributed by atoms with van der Waals surface area (Å²) in [5, 5.41) is 0. The van der Waals surface area contributed by atoms with Crippen LogP contribution in [0.4, 0.5) is 0 Å². The van der Waals surface area contributed by atoms with Crippen molar-refractivity contribution in [3.8, 4) is 22.3 Å². The van der Waals surface area contributed by atoms with Crippen LogP contribution in [0.1, 0.15) is 73.3 Å². The molecule has 6 rings (SSSR count). The lowest BCUT2D eigenvalue weighted by atomic mass is 9.64. The minimum absolute atomic E-state index is 0.366. The Bertz CT molecular complexity index is 1440. The maximum Gasteiger partial charge on any atom is 0.338 e. The zero-order valence-corrected chi connectivity index (χ0v) is 21.1. The molecule has 0 heterocycles. The number of hydrogen-bond acceptors (Lipinski definition) is 6. The molecule has 0 aliphatic heterocycles. The van der Waals surface area contributed by atoms with Crippen molar-refractivity contribution in [2.75, 3.05) is 21.3 Å². The predicted octanol–water partition coefficient (Wildman–Crippen LogP) is 5.99. The number of methoxy groups -OCH3 is 3. The Labute approximate surface area is 215 Å². The SMILES string of the molecule is COC(=O)c1ccc(-c2c(C(=O)OC)ccc3c2-c2cc(C(=O)OC)ccc2[C@H]2[C@@H]4CC[C@@H](C4)[C@@H]32)cc1. The number of benzene rings is 3. The number of fused-ring (bicyclic) bond motifs is 10. The van der Waals surface area contributed by atoms with E-state index in [1.165, 1.54) is 51.7 Å². The van der Waals surface area contributed by atoms with Crippen LogP contribution in [0.2, 0.25) is 0 Å². The quantitative estimate of drug-likeness (QED) is 0.326. The van der Waals surface area contributed by atoms with Gasteiger partial charge in [0.1, 0.15) is 0 Å². The number of ether oxygens (including phenoxy) is 3. The van der Waals surface area contributed by atoms with Crippen molar-refractivity contribution >= 4 is 17.9 Å². The number of carbonyl (C=O) groups excluding carboxylic acids is 3. The summed E-state index contributed by atoms with van der Waals surface area (Å²) >= 11 is 0. The van der Waals surface area contributed by atoms with E-state index in [0.717, 1.165) is 22.3 Å². The van der Waals surface area contributed by atoms with Crippen LogP contribution in [0.25, 0.3) is 22.3 Å². The van der Waals surface area contributed by atoms with E-state index in [0.29, 0.717) is 40.4 Å². The van der Waals surface area contributed by atoms with Crippen molar-refractivity contribution in [3.63, 3.8) is 0 Å². The molecule has 0 amide bonds. The van der Waals surface area contributed by atoms with E-state index in [1.54, 1.807) is 12.1 Å². The maximum atomic E-state index is 13.0. The van der Waals surface area contributed by atoms with Crippen LogP contribution in [0.15, 0.2) is 54.6 Å². The summed E-state index contributed by atoms with van der Waals surface area (Å²) in [6, 6.07) is 16.9. The first-order valence-corrected chi connectivity index (χ1v) is 12.6. The van der Waals surface area contributed by atoms with Crippen molar-refractivity contribution in [3.05, 3.63) is 82.4 Å². The minimum Gasteiger partial charge on any atom is -0.465 e. The van der Waals surface area contributed by atoms with Crippen LogP contribution < -0.4 is 0 Å². The smallest absolute Gasteiger partial charge is 0.338 e. The third kappa shape index (κ3) is 3.50. The van der Waals surface area contributed by atoms with Crippen LogP contribution in [-0.2, 0) is 14.2 Å². The summed E-state index contributed by atoms with van der Waals surface area (Å²) in [7, 11) is 4.10. The van der Waals surface area contributed by atoms with Crippen LogP contribution >= 0.6 is 0 Å². The second-order valence-corrected chi connectivity index (χ2v) is 10.2. The molecular weight excluding hydrogens is 468 g/mol. The van der Waals surface area contributed by atoms with E-state index >= 15 is 0 Å². The molecule has 2 fully saturated rings. The number of rotatable bonds is 4. The Morgan fingerprint density at radius 1 is 0.649 bits per heavy atom. The summed E-state index contributed by atoms with van der Waals surface area (Å²) in [6.07, 6.45) is 3.64. The Balaban J connectivity index is 1.65. The minimum atomic E-state index is -0.435. The fraction of sp³-hybridized carbons (Fsp3) is 0.323. The summed E-state index contributed by atoms with van der Waals surface area (Å²) < 4.78 is 15.1. The van der Waals surface area contributed by atoms with E-state index in [4.69, 9.17) is 14.2 Å². The third-order valence-electron chi connectivity index (χ3n) is 8.62. The average Bonchev–Trinajstić information content (AvgIpc) is 3.58. The Morgan fingerprint density at radius 2 is 1.22 bits per heavy atom. The monoisotopic (exact) mass is 496 g/mol. The average molecular weight is 497 g/mol. The van der Waals surface area contributed by atoms with Gasteiger partial charge in [-0.15, -0.1) is 0 Å². The van der Waals surface area contributed by atoms with E-state index in [1.807, 2.05) is 30.3 Å². The lowest BCUT2D eigenvalue weighted by Crippen LogP contribution is -2.25. The first kappa shape index (κ1) is 23.5. The summed E-state index contributed by atoms with van der Waals surface area (Å²) in [5.74, 6) is 0.724. The molecule has 4 atom stereocenters. The van der Waals surface area contributed by atoms with E-state index in [2.05, 4.69) is 12.1 Å². The number of hydrogen-bond donors (Lipinski definition) is 0. The molecule has 188 valence electrons. The third-order valence-corrected chi connectivity index (χ3v) is 8.62. The fourth-order valence-electron chi connectivity index (χ4n) is 7.15. The Kier molecular flexibility index (Phi) is 5.63. The van der Waals surface area contributed by atoms with Gasteiger partial charge in [-0.1, -0.05) is 24.3 Å². The molecule has 0 spiro atoms. The largest absolute Gasteiger partial charge is 0.465 e. The topological polar surface area (TPSA) is 78.9 Å². The van der Waals surface area contributed by atoms with Crippen molar-refractivity contribution < 1.29 is 28.6 Å². The molecule has 37 heavy (non-hydrogen) atoms. The van der Waals surface area contributed by atoms with Gasteiger partial charge in [0.15, 0.2) is 0 Å². The van der Waals surface area contributed by atoms with Gasteiger partial charge in [-0.05, 0) is 101 Å². The molecule has 3 aromatic carbocycles. The van der Waals surface area contributed by atoms with Crippen molar-refractivity contribution in [2.24, 2.45) is 11.8 Å². The second-order valence-electron chi connectivity index (χ2n) is 10.2. The highest BCUT2D eigenvalue weighted by atomic mass is 16.5. The van der Waals surface area contributed by atoms with Crippen molar-refractivity contribution in [1.29, 1.82) is 0 Å². The molecule has 6 nitrogen and oxygen atoms in total. The highest BCUT2D eigenvalue weighted by Gasteiger charge is 2.52. The second kappa shape index (κ2) is 8.87. The van der Waals surface area contributed by atoms with Crippen molar-refractivity contribution in [1.82, 2.24) is 0 Å². The molecular formula is C31H28O6. The van der Waals surface area contributed by atoms with Crippen LogP contribution in [0.3, 0.4) is 0 Å². The lowest BCUT2D eigenvalue weighted by Gasteiger charge is -2.39. The van der Waals surface area contributed by atoms with E-state index in [-0.39, 0.29) is 0 Å². The molecule has 3 aliphatic rings. The normalized spacial score (nSPS) is 22.5. The summed E-state index contributed by atoms with van der Waals surface area (Å²) in [6.45, 7) is 0. The molecule has 0 radical (unpaired) electrons. The van der Waals surface area contributed by atoms with Gasteiger partial charge in [0.2, 0.25) is 0 Å². The van der Waals surface area contributed by atoms with E-state index in [9.17, 15) is 14.4 Å². The summed E-state index contributed by atoms with van der Waals surface area (Å²) in [5.41, 5.74) is 7.27. The highest BCUT2D eigenvalue weighted by molar-refractivity contribution is 6.05. The fourth-order valence-corrected chi connectivity index (χ4v) is 7.15. The zero-order chi connectivity index (χ0) is 25.8. The van der Waals surface area contributed by atoms with Gasteiger partial charge in [-0.25, -0.2) is 14.4 Å². The molecule has 6 heteroatoms. The standard InChI is InChI=1S/C31H28O6/c1-35-29(32)17-6-4-16(5-7-17)25-23(31(34)37-3)13-12-22-27-19-9-8-18(14-19)26(27)21-11-10-20(30(33)36-2)15-24(21)28(22)25/h4-7,10-13,15,18-19,26-27H,8-9,14H2,1-3H3/t18-,19+,26-,27+/m1/s1. The van der Waals surface area contributed by atoms with Gasteiger partial charge in [0.25, 0.3) is 0 Å². The van der Waals surface area contributed by atoms with Gasteiger partial charge >= 0.3 is 17.9 Å². The van der Waals surface area contributed by atoms with Crippen LogP contribution in [0.5, 0.6) is 0 Å². The maximum absolute atomic E-state index is 13.0. The molecule has 2 bridgehead atoms. The molecule has 3 aromatic rings. The Morgan fingerprint density at radius 3 is 1.86 bits per heavy atom. The molecule has 3 aliphatic carbocycles. The molecule has 0 unspecified atom stereocenters. The van der Waals surface area contributed by atoms with Gasteiger partial charge in [-0.3, -0.25) is 0 Å². The first-order valence-electron chi connectivity index (χ1n) is 12.6. The van der Waals surface area contributed by atoms with E-state index < -0.39 is 17.9 Å². The number of esters is 3. The van der Waals surface area contributed by atoms with Gasteiger partial charge in [0, 0.05) is 5.56 Å². The summed E-state index contributed by atoms with van der Waals surface area (Å²) in [4.78, 5) is 37.6. The van der Waals surface area contributed by atoms with Crippen LogP contribution in [0, 0.1) is 11.8 Å². The molecule has 0 N–H and O–H groups in total. The first-order chi connectivity index (χ1) is 18.0. The molecule has 0 saturated heterocycles. The zero-order valence-electron chi connectivity index (χ0n) is 21.1. The van der Waals surface area contributed by atoms with Crippen molar-refractivity contribution in [2.45, 2.75) is 31.1 Å². The van der Waals surface area contributed by atoms with Gasteiger partial charge in [-0.2, -0.15) is 0 Å². The lowest BCUT2D eigenvalue weighted by molar-refractivity contribution is 0.0592. The predicted molar refractivity (Wildman–Crippen MR) is 138 cm³/mol. The molecule has 2 saturated carbocycles. The number of carbonyl (C=O) groups is 3. The Hall–Kier alpha value is -3.93. The highest BCUT2D eigenvalue weighted by Crippen LogP contribution is 2.66.